The molecule has 1 amide bonds. The summed E-state index contributed by atoms with van der Waals surface area (Å²) in [5.41, 5.74) is -0.548. The number of ether oxygens (including phenoxy) is 1. The molecule has 0 aromatic carbocycles. The fraction of sp³-hybridized carbons (Fsp3) is 0.941. The lowest BCUT2D eigenvalue weighted by Gasteiger charge is -2.48. The van der Waals surface area contributed by atoms with Crippen molar-refractivity contribution in [3.63, 3.8) is 0 Å². The Morgan fingerprint density at radius 3 is 2.12 bits per heavy atom. The highest BCUT2D eigenvalue weighted by molar-refractivity contribution is 5.68. The molecule has 26 heavy (non-hydrogen) atoms. The molecule has 5 N–H and O–H groups in total. The van der Waals surface area contributed by atoms with Crippen LogP contribution in [0.3, 0.4) is 0 Å². The van der Waals surface area contributed by atoms with E-state index in [1.54, 1.807) is 4.90 Å². The van der Waals surface area contributed by atoms with Crippen LogP contribution in [0.15, 0.2) is 0 Å². The van der Waals surface area contributed by atoms with Gasteiger partial charge in [0.1, 0.15) is 30.1 Å². The third-order valence-electron chi connectivity index (χ3n) is 5.09. The van der Waals surface area contributed by atoms with E-state index in [9.17, 15) is 30.3 Å². The van der Waals surface area contributed by atoms with Crippen LogP contribution >= 0.6 is 0 Å². The molecule has 1 unspecified atom stereocenters. The summed E-state index contributed by atoms with van der Waals surface area (Å²) in [5.74, 6) is 0.118. The van der Waals surface area contributed by atoms with Crippen molar-refractivity contribution < 1.29 is 35.1 Å². The first-order valence-corrected chi connectivity index (χ1v) is 9.12. The van der Waals surface area contributed by atoms with Crippen LogP contribution in [0, 0.1) is 5.92 Å². The lowest BCUT2D eigenvalue weighted by atomic mass is 9.89. The minimum atomic E-state index is -1.51. The topological polar surface area (TPSA) is 134 Å². The summed E-state index contributed by atoms with van der Waals surface area (Å²) in [6.07, 6.45) is -4.72. The molecule has 0 spiro atoms. The monoisotopic (exact) mass is 376 g/mol. The maximum Gasteiger partial charge on any atom is 0.410 e. The third-order valence-corrected chi connectivity index (χ3v) is 5.09. The molecule has 0 saturated carbocycles. The van der Waals surface area contributed by atoms with Crippen molar-refractivity contribution >= 4 is 6.09 Å². The number of aliphatic hydroxyl groups excluding tert-OH is 5. The summed E-state index contributed by atoms with van der Waals surface area (Å²) in [4.78, 5) is 15.2. The molecule has 0 bridgehead atoms. The number of rotatable bonds is 3. The van der Waals surface area contributed by atoms with Crippen molar-refractivity contribution in [2.75, 3.05) is 26.2 Å². The lowest BCUT2D eigenvalue weighted by Crippen LogP contribution is -2.68. The van der Waals surface area contributed by atoms with Crippen molar-refractivity contribution in [2.45, 2.75) is 69.8 Å². The van der Waals surface area contributed by atoms with Gasteiger partial charge in [-0.05, 0) is 39.5 Å². The van der Waals surface area contributed by atoms with Gasteiger partial charge in [0.2, 0.25) is 0 Å². The normalized spacial score (nSPS) is 34.8. The van der Waals surface area contributed by atoms with Crippen LogP contribution in [0.5, 0.6) is 0 Å². The van der Waals surface area contributed by atoms with Crippen LogP contribution in [0.4, 0.5) is 4.79 Å². The van der Waals surface area contributed by atoms with Crippen molar-refractivity contribution in [1.82, 2.24) is 9.80 Å². The molecule has 2 rings (SSSR count). The first kappa shape index (κ1) is 21.3. The highest BCUT2D eigenvalue weighted by atomic mass is 16.6. The molecule has 2 aliphatic rings. The highest BCUT2D eigenvalue weighted by Crippen LogP contribution is 2.27. The second-order valence-electron chi connectivity index (χ2n) is 8.24. The zero-order valence-corrected chi connectivity index (χ0v) is 15.7. The molecule has 2 aliphatic heterocycles. The molecule has 0 aliphatic carbocycles. The molecule has 5 atom stereocenters. The highest BCUT2D eigenvalue weighted by Gasteiger charge is 2.47. The number of nitrogens with zero attached hydrogens (tertiary/aromatic N) is 2. The standard InChI is InChI=1S/C17H32N2O7/c1-17(2,3)26-16(25)18-6-4-10(5-7-18)8-19-11(9-20)12(21)13(22)14(23)15(19)24/h10-15,20-24H,4-9H2,1-3H3/t11-,12-,13+,14-,15?/m1/s1. The fourth-order valence-electron chi connectivity index (χ4n) is 3.57. The molecular weight excluding hydrogens is 344 g/mol. The van der Waals surface area contributed by atoms with Crippen LogP contribution in [-0.4, -0.2) is 104 Å². The van der Waals surface area contributed by atoms with Gasteiger partial charge in [0.15, 0.2) is 0 Å². The van der Waals surface area contributed by atoms with Gasteiger partial charge in [-0.25, -0.2) is 4.79 Å². The number of amides is 1. The third kappa shape index (κ3) is 4.85. The summed E-state index contributed by atoms with van der Waals surface area (Å²) in [5, 5.41) is 49.5. The Balaban J connectivity index is 1.92. The Morgan fingerprint density at radius 2 is 1.62 bits per heavy atom. The molecule has 0 radical (unpaired) electrons. The van der Waals surface area contributed by atoms with E-state index >= 15 is 0 Å². The molecule has 9 heteroatoms. The van der Waals surface area contributed by atoms with Gasteiger partial charge in [-0.2, -0.15) is 0 Å². The molecule has 2 saturated heterocycles. The van der Waals surface area contributed by atoms with Gasteiger partial charge >= 0.3 is 6.09 Å². The number of hydrogen-bond acceptors (Lipinski definition) is 8. The predicted octanol–water partition coefficient (Wildman–Crippen LogP) is -1.29. The van der Waals surface area contributed by atoms with Crippen LogP contribution in [0.25, 0.3) is 0 Å². The van der Waals surface area contributed by atoms with Gasteiger partial charge in [-0.1, -0.05) is 0 Å². The van der Waals surface area contributed by atoms with Crippen molar-refractivity contribution in [2.24, 2.45) is 5.92 Å². The second kappa shape index (κ2) is 8.37. The van der Waals surface area contributed by atoms with Gasteiger partial charge in [-0.15, -0.1) is 0 Å². The minimum absolute atomic E-state index is 0.118. The molecule has 2 heterocycles. The summed E-state index contributed by atoms with van der Waals surface area (Å²) in [6.45, 7) is 6.37. The maximum absolute atomic E-state index is 12.1. The average Bonchev–Trinajstić information content (AvgIpc) is 2.57. The number of carbonyl (C=O) groups is 1. The quantitative estimate of drug-likeness (QED) is 0.411. The lowest BCUT2D eigenvalue weighted by molar-refractivity contribution is -0.225. The van der Waals surface area contributed by atoms with Crippen molar-refractivity contribution in [1.29, 1.82) is 0 Å². The van der Waals surface area contributed by atoms with Gasteiger partial charge in [0.25, 0.3) is 0 Å². The van der Waals surface area contributed by atoms with E-state index in [0.29, 0.717) is 32.5 Å². The summed E-state index contributed by atoms with van der Waals surface area (Å²) < 4.78 is 5.36. The first-order chi connectivity index (χ1) is 12.0. The van der Waals surface area contributed by atoms with E-state index in [1.165, 1.54) is 4.90 Å². The van der Waals surface area contributed by atoms with Crippen LogP contribution in [0.2, 0.25) is 0 Å². The van der Waals surface area contributed by atoms with Gasteiger partial charge in [0, 0.05) is 19.6 Å². The van der Waals surface area contributed by atoms with Gasteiger partial charge < -0.3 is 35.2 Å². The summed E-state index contributed by atoms with van der Waals surface area (Å²) >= 11 is 0. The van der Waals surface area contributed by atoms with Gasteiger partial charge in [-0.3, -0.25) is 4.90 Å². The zero-order valence-electron chi connectivity index (χ0n) is 15.7. The Kier molecular flexibility index (Phi) is 6.86. The molecule has 152 valence electrons. The Hall–Kier alpha value is -0.970. The van der Waals surface area contributed by atoms with E-state index in [2.05, 4.69) is 0 Å². The van der Waals surface area contributed by atoms with Crippen LogP contribution in [-0.2, 0) is 4.74 Å². The molecule has 0 aromatic rings. The molecular formula is C17H32N2O7. The second-order valence-corrected chi connectivity index (χ2v) is 8.24. The largest absolute Gasteiger partial charge is 0.444 e. The molecule has 9 nitrogen and oxygen atoms in total. The van der Waals surface area contributed by atoms with E-state index in [1.807, 2.05) is 20.8 Å². The zero-order chi connectivity index (χ0) is 19.6. The maximum atomic E-state index is 12.1. The number of hydrogen-bond donors (Lipinski definition) is 5. The smallest absolute Gasteiger partial charge is 0.410 e. The number of aliphatic hydroxyl groups is 5. The van der Waals surface area contributed by atoms with E-state index in [-0.39, 0.29) is 12.0 Å². The molecule has 2 fully saturated rings. The SMILES string of the molecule is CC(C)(C)OC(=O)N1CCC(CN2C(O)[C@H](O)[C@@H](O)[C@H](O)[C@H]2CO)CC1. The van der Waals surface area contributed by atoms with Crippen LogP contribution < -0.4 is 0 Å². The van der Waals surface area contributed by atoms with Crippen molar-refractivity contribution in [3.8, 4) is 0 Å². The van der Waals surface area contributed by atoms with E-state index in [0.717, 1.165) is 0 Å². The van der Waals surface area contributed by atoms with E-state index in [4.69, 9.17) is 4.74 Å². The first-order valence-electron chi connectivity index (χ1n) is 9.12. The Labute approximate surface area is 153 Å². The van der Waals surface area contributed by atoms with Gasteiger partial charge in [0.05, 0.1) is 12.6 Å². The Bertz CT molecular complexity index is 476. The predicted molar refractivity (Wildman–Crippen MR) is 92.1 cm³/mol. The van der Waals surface area contributed by atoms with Crippen LogP contribution in [0.1, 0.15) is 33.6 Å². The molecule has 0 aromatic heterocycles. The summed E-state index contributed by atoms with van der Waals surface area (Å²) in [7, 11) is 0. The number of carbonyl (C=O) groups excluding carboxylic acids is 1. The minimum Gasteiger partial charge on any atom is -0.444 e. The number of piperidine rings is 2. The summed E-state index contributed by atoms with van der Waals surface area (Å²) in [6, 6.07) is -0.854. The number of likely N-dealkylation sites (tertiary alicyclic amines) is 2. The Morgan fingerprint density at radius 1 is 1.04 bits per heavy atom. The van der Waals surface area contributed by atoms with E-state index < -0.39 is 42.8 Å². The van der Waals surface area contributed by atoms with Crippen molar-refractivity contribution in [3.05, 3.63) is 0 Å². The fourth-order valence-corrected chi connectivity index (χ4v) is 3.57. The average molecular weight is 376 g/mol.